The van der Waals surface area contributed by atoms with E-state index in [2.05, 4.69) is 11.4 Å². The lowest BCUT2D eigenvalue weighted by Crippen LogP contribution is -2.15. The second-order valence-corrected chi connectivity index (χ2v) is 6.23. The summed E-state index contributed by atoms with van der Waals surface area (Å²) in [6.45, 7) is 0. The Morgan fingerprint density at radius 1 is 1.22 bits per heavy atom. The summed E-state index contributed by atoms with van der Waals surface area (Å²) in [7, 11) is 0. The first kappa shape index (κ1) is 12.2. The van der Waals surface area contributed by atoms with E-state index in [9.17, 15) is 5.11 Å². The van der Waals surface area contributed by atoms with Crippen molar-refractivity contribution < 1.29 is 5.11 Å². The molecule has 1 N–H and O–H groups in total. The fraction of sp³-hybridized carbons (Fsp3) is 0.333. The molecule has 0 aliphatic heterocycles. The van der Waals surface area contributed by atoms with Crippen molar-refractivity contribution in [3.8, 4) is 0 Å². The number of hydrogen-bond donors (Lipinski definition) is 1. The molecule has 0 radical (unpaired) electrons. The van der Waals surface area contributed by atoms with Gasteiger partial charge in [0.05, 0.1) is 6.10 Å². The average molecular weight is 279 g/mol. The predicted molar refractivity (Wildman–Crippen MR) is 76.4 cm³/mol. The Hall–Kier alpha value is -0.830. The number of hydrogen-bond acceptors (Lipinski definition) is 2. The van der Waals surface area contributed by atoms with E-state index in [1.165, 1.54) is 16.9 Å². The third-order valence-corrected chi connectivity index (χ3v) is 4.94. The summed E-state index contributed by atoms with van der Waals surface area (Å²) in [6, 6.07) is 9.71. The number of benzene rings is 1. The number of halogens is 1. The van der Waals surface area contributed by atoms with E-state index in [0.717, 1.165) is 18.4 Å². The van der Waals surface area contributed by atoms with Gasteiger partial charge in [0.1, 0.15) is 0 Å². The van der Waals surface area contributed by atoms with Gasteiger partial charge in [-0.3, -0.25) is 0 Å². The second kappa shape index (κ2) is 5.04. The first-order valence-corrected chi connectivity index (χ1v) is 7.51. The molecule has 1 aliphatic carbocycles. The smallest absolute Gasteiger partial charge is 0.0858 e. The minimum absolute atomic E-state index is 0.237. The van der Waals surface area contributed by atoms with Gasteiger partial charge in [-0.15, -0.1) is 11.3 Å². The zero-order valence-electron chi connectivity index (χ0n) is 9.97. The van der Waals surface area contributed by atoms with Gasteiger partial charge < -0.3 is 5.11 Å². The van der Waals surface area contributed by atoms with E-state index < -0.39 is 6.10 Å². The largest absolute Gasteiger partial charge is 0.388 e. The molecule has 3 rings (SSSR count). The standard InChI is InChI=1S/C15H15ClOS/c16-11-6-4-10(5-7-11)15(17)13-2-1-3-14-12(13)8-9-18-14/h4-9,13,15,17H,1-3H2. The maximum atomic E-state index is 10.6. The van der Waals surface area contributed by atoms with Crippen molar-refractivity contribution in [1.29, 1.82) is 0 Å². The fourth-order valence-electron chi connectivity index (χ4n) is 2.74. The first-order valence-electron chi connectivity index (χ1n) is 6.25. The zero-order chi connectivity index (χ0) is 12.5. The van der Waals surface area contributed by atoms with Crippen LogP contribution in [0.5, 0.6) is 0 Å². The lowest BCUT2D eigenvalue weighted by atomic mass is 9.81. The Balaban J connectivity index is 1.90. The predicted octanol–water partition coefficient (Wildman–Crippen LogP) is 4.56. The van der Waals surface area contributed by atoms with Crippen molar-refractivity contribution in [1.82, 2.24) is 0 Å². The molecule has 1 nitrogen and oxygen atoms in total. The van der Waals surface area contributed by atoms with Gasteiger partial charge in [-0.05, 0) is 54.0 Å². The summed E-state index contributed by atoms with van der Waals surface area (Å²) in [5, 5.41) is 13.4. The quantitative estimate of drug-likeness (QED) is 0.854. The third-order valence-electron chi connectivity index (χ3n) is 3.69. The Kier molecular flexibility index (Phi) is 3.42. The summed E-state index contributed by atoms with van der Waals surface area (Å²) in [5.41, 5.74) is 2.30. The number of fused-ring (bicyclic) bond motifs is 1. The Morgan fingerprint density at radius 3 is 2.78 bits per heavy atom. The van der Waals surface area contributed by atoms with Crippen molar-refractivity contribution in [3.05, 3.63) is 56.7 Å². The van der Waals surface area contributed by atoms with Crippen molar-refractivity contribution in [3.63, 3.8) is 0 Å². The molecule has 18 heavy (non-hydrogen) atoms. The number of rotatable bonds is 2. The Labute approximate surface area is 116 Å². The van der Waals surface area contributed by atoms with Crippen LogP contribution in [0.4, 0.5) is 0 Å². The summed E-state index contributed by atoms with van der Waals surface area (Å²) < 4.78 is 0. The van der Waals surface area contributed by atoms with Gasteiger partial charge in [-0.1, -0.05) is 23.7 Å². The molecule has 0 bridgehead atoms. The second-order valence-electron chi connectivity index (χ2n) is 4.79. The topological polar surface area (TPSA) is 20.2 Å². The SMILES string of the molecule is OC(c1ccc(Cl)cc1)C1CCCc2sccc21. The highest BCUT2D eigenvalue weighted by atomic mass is 35.5. The van der Waals surface area contributed by atoms with E-state index in [0.29, 0.717) is 5.02 Å². The monoisotopic (exact) mass is 278 g/mol. The maximum absolute atomic E-state index is 10.6. The van der Waals surface area contributed by atoms with Gasteiger partial charge in [0.25, 0.3) is 0 Å². The van der Waals surface area contributed by atoms with Gasteiger partial charge in [-0.25, -0.2) is 0 Å². The Bertz CT molecular complexity index is 532. The summed E-state index contributed by atoms with van der Waals surface area (Å²) in [5.74, 6) is 0.237. The van der Waals surface area contributed by atoms with E-state index >= 15 is 0 Å². The molecule has 2 aromatic rings. The van der Waals surface area contributed by atoms with Crippen molar-refractivity contribution in [2.24, 2.45) is 0 Å². The molecule has 0 fully saturated rings. The Morgan fingerprint density at radius 2 is 2.00 bits per heavy atom. The molecule has 2 atom stereocenters. The first-order chi connectivity index (χ1) is 8.75. The van der Waals surface area contributed by atoms with Gasteiger partial charge in [0.2, 0.25) is 0 Å². The van der Waals surface area contributed by atoms with Gasteiger partial charge in [-0.2, -0.15) is 0 Å². The van der Waals surface area contributed by atoms with Crippen LogP contribution in [-0.4, -0.2) is 5.11 Å². The molecule has 0 spiro atoms. The van der Waals surface area contributed by atoms with Crippen molar-refractivity contribution in [2.45, 2.75) is 31.3 Å². The fourth-order valence-corrected chi connectivity index (χ4v) is 3.86. The van der Waals surface area contributed by atoms with E-state index in [1.807, 2.05) is 35.6 Å². The molecular formula is C15H15ClOS. The van der Waals surface area contributed by atoms with E-state index in [-0.39, 0.29) is 5.92 Å². The van der Waals surface area contributed by atoms with Crippen LogP contribution < -0.4 is 0 Å². The highest BCUT2D eigenvalue weighted by Gasteiger charge is 2.28. The zero-order valence-corrected chi connectivity index (χ0v) is 11.5. The summed E-state index contributed by atoms with van der Waals surface area (Å²) in [6.07, 6.45) is 2.98. The summed E-state index contributed by atoms with van der Waals surface area (Å²) in [4.78, 5) is 1.44. The van der Waals surface area contributed by atoms with Crippen molar-refractivity contribution >= 4 is 22.9 Å². The van der Waals surface area contributed by atoms with Gasteiger partial charge >= 0.3 is 0 Å². The number of aryl methyl sites for hydroxylation is 1. The van der Waals surface area contributed by atoms with Crippen LogP contribution in [0.1, 0.15) is 40.9 Å². The molecular weight excluding hydrogens is 264 g/mol. The molecule has 1 aromatic carbocycles. The average Bonchev–Trinajstić information content (AvgIpc) is 2.87. The molecule has 1 aliphatic rings. The summed E-state index contributed by atoms with van der Waals surface area (Å²) >= 11 is 7.70. The van der Waals surface area contributed by atoms with Crippen LogP contribution >= 0.6 is 22.9 Å². The molecule has 1 heterocycles. The number of thiophene rings is 1. The lowest BCUT2D eigenvalue weighted by molar-refractivity contribution is 0.136. The molecule has 1 aromatic heterocycles. The molecule has 3 heteroatoms. The van der Waals surface area contributed by atoms with Crippen molar-refractivity contribution in [2.75, 3.05) is 0 Å². The normalized spacial score (nSPS) is 20.4. The number of aliphatic hydroxyl groups excluding tert-OH is 1. The van der Waals surface area contributed by atoms with Gasteiger partial charge in [0, 0.05) is 15.8 Å². The van der Waals surface area contributed by atoms with Crippen LogP contribution in [0.2, 0.25) is 5.02 Å². The minimum atomic E-state index is -0.420. The van der Waals surface area contributed by atoms with Crippen LogP contribution in [0.3, 0.4) is 0 Å². The maximum Gasteiger partial charge on any atom is 0.0858 e. The minimum Gasteiger partial charge on any atom is -0.388 e. The van der Waals surface area contributed by atoms with Gasteiger partial charge in [0.15, 0.2) is 0 Å². The highest BCUT2D eigenvalue weighted by molar-refractivity contribution is 7.10. The van der Waals surface area contributed by atoms with Crippen LogP contribution in [0, 0.1) is 0 Å². The molecule has 0 saturated heterocycles. The number of aliphatic hydroxyl groups is 1. The lowest BCUT2D eigenvalue weighted by Gasteiger charge is -2.27. The van der Waals surface area contributed by atoms with Crippen LogP contribution in [-0.2, 0) is 6.42 Å². The van der Waals surface area contributed by atoms with E-state index in [1.54, 1.807) is 0 Å². The molecule has 2 unspecified atom stereocenters. The molecule has 0 saturated carbocycles. The molecule has 0 amide bonds. The van der Waals surface area contributed by atoms with Crippen LogP contribution in [0.25, 0.3) is 0 Å². The third kappa shape index (κ3) is 2.20. The molecule has 94 valence electrons. The van der Waals surface area contributed by atoms with Crippen LogP contribution in [0.15, 0.2) is 35.7 Å². The highest BCUT2D eigenvalue weighted by Crippen LogP contribution is 2.42. The van der Waals surface area contributed by atoms with E-state index in [4.69, 9.17) is 11.6 Å².